The maximum Gasteiger partial charge on any atom is 0.319 e. The summed E-state index contributed by atoms with van der Waals surface area (Å²) in [6.45, 7) is 7.81. The fourth-order valence-electron chi connectivity index (χ4n) is 6.00. The molecule has 7 heteroatoms. The summed E-state index contributed by atoms with van der Waals surface area (Å²) in [5, 5.41) is 0. The summed E-state index contributed by atoms with van der Waals surface area (Å²) in [5.74, 6) is 0.252. The van der Waals surface area contributed by atoms with E-state index in [0.29, 0.717) is 32.7 Å². The Hall–Kier alpha value is -2.57. The highest BCUT2D eigenvalue weighted by Gasteiger charge is 2.66. The number of rotatable bonds is 2. The number of hydrogen-bond acceptors (Lipinski definition) is 3. The topological polar surface area (TPSA) is 64.2 Å². The molecule has 2 spiro atoms. The zero-order chi connectivity index (χ0) is 22.4. The van der Waals surface area contributed by atoms with E-state index in [1.54, 1.807) is 19.0 Å². The molecular weight excluding hydrogens is 392 g/mol. The summed E-state index contributed by atoms with van der Waals surface area (Å²) in [6.07, 6.45) is 2.30. The Kier molecular flexibility index (Phi) is 5.48. The van der Waals surface area contributed by atoms with Crippen molar-refractivity contribution >= 4 is 17.8 Å². The van der Waals surface area contributed by atoms with Crippen molar-refractivity contribution in [2.75, 3.05) is 53.4 Å². The van der Waals surface area contributed by atoms with Crippen LogP contribution < -0.4 is 0 Å². The van der Waals surface area contributed by atoms with Crippen LogP contribution in [0.25, 0.3) is 0 Å². The Morgan fingerprint density at radius 2 is 1.74 bits per heavy atom. The van der Waals surface area contributed by atoms with Crippen LogP contribution in [0, 0.1) is 17.8 Å². The highest BCUT2D eigenvalue weighted by atomic mass is 16.2. The molecule has 0 bridgehead atoms. The number of aryl methyl sites for hydroxylation is 1. The molecule has 4 amide bonds. The van der Waals surface area contributed by atoms with Gasteiger partial charge >= 0.3 is 6.03 Å². The molecule has 7 nitrogen and oxygen atoms in total. The first-order valence-corrected chi connectivity index (χ1v) is 11.3. The third kappa shape index (κ3) is 3.38. The van der Waals surface area contributed by atoms with Gasteiger partial charge < -0.3 is 19.6 Å². The van der Waals surface area contributed by atoms with Crippen LogP contribution in [0.5, 0.6) is 0 Å². The molecule has 3 aliphatic rings. The smallest absolute Gasteiger partial charge is 0.319 e. The molecule has 1 aromatic carbocycles. The Labute approximate surface area is 185 Å². The first-order valence-electron chi connectivity index (χ1n) is 11.3. The number of carbonyl (C=O) groups excluding carboxylic acids is 3. The van der Waals surface area contributed by atoms with Gasteiger partial charge in [-0.15, -0.1) is 0 Å². The summed E-state index contributed by atoms with van der Waals surface area (Å²) in [4.78, 5) is 46.8. The third-order valence-electron chi connectivity index (χ3n) is 7.78. The molecule has 0 aliphatic carbocycles. The van der Waals surface area contributed by atoms with E-state index in [1.807, 2.05) is 52.8 Å². The number of amides is 4. The Morgan fingerprint density at radius 3 is 2.32 bits per heavy atom. The Bertz CT molecular complexity index is 891. The average Bonchev–Trinajstić information content (AvgIpc) is 3.25. The second kappa shape index (κ2) is 7.84. The Balaban J connectivity index is 1.58. The van der Waals surface area contributed by atoms with Crippen LogP contribution in [0.1, 0.15) is 42.1 Å². The van der Waals surface area contributed by atoms with E-state index in [2.05, 4.69) is 0 Å². The lowest BCUT2D eigenvalue weighted by molar-refractivity contribution is -0.141. The summed E-state index contributed by atoms with van der Waals surface area (Å²) in [5.41, 5.74) is 1.01. The van der Waals surface area contributed by atoms with Gasteiger partial charge in [0.2, 0.25) is 5.91 Å². The number of hydrogen-bond donors (Lipinski definition) is 0. The van der Waals surface area contributed by atoms with Crippen LogP contribution >= 0.6 is 0 Å². The van der Waals surface area contributed by atoms with E-state index in [9.17, 15) is 14.4 Å². The second-order valence-corrected chi connectivity index (χ2v) is 9.69. The molecule has 4 rings (SSSR count). The van der Waals surface area contributed by atoms with Gasteiger partial charge in [0.15, 0.2) is 0 Å². The molecule has 3 aliphatic heterocycles. The molecule has 0 aromatic heterocycles. The van der Waals surface area contributed by atoms with Gasteiger partial charge in [0.25, 0.3) is 5.91 Å². The van der Waals surface area contributed by atoms with Gasteiger partial charge in [0.05, 0.1) is 5.41 Å². The van der Waals surface area contributed by atoms with Crippen LogP contribution in [-0.4, -0.2) is 90.8 Å². The first-order chi connectivity index (χ1) is 14.7. The van der Waals surface area contributed by atoms with Gasteiger partial charge in [-0.2, -0.15) is 0 Å². The standard InChI is InChI=1S/C24H34N4O3/c1-5-26-14-11-24(21(26)30)17-28(22(31)25(3)4)16-23(24)9-12-27(13-10-23)20(29)19-8-6-7-18(2)15-19/h6-8,15H,5,9-14,16-17H2,1-4H3/t24-/m0/s1. The van der Waals surface area contributed by atoms with Crippen LogP contribution in [-0.2, 0) is 4.79 Å². The van der Waals surface area contributed by atoms with E-state index in [4.69, 9.17) is 0 Å². The van der Waals surface area contributed by atoms with E-state index < -0.39 is 5.41 Å². The number of benzene rings is 1. The quantitative estimate of drug-likeness (QED) is 0.730. The minimum atomic E-state index is -0.521. The van der Waals surface area contributed by atoms with Crippen molar-refractivity contribution in [2.45, 2.75) is 33.1 Å². The number of fused-ring (bicyclic) bond motifs is 1. The molecule has 31 heavy (non-hydrogen) atoms. The summed E-state index contributed by atoms with van der Waals surface area (Å²) in [6, 6.07) is 7.68. The largest absolute Gasteiger partial charge is 0.342 e. The maximum atomic E-state index is 13.5. The monoisotopic (exact) mass is 426 g/mol. The van der Waals surface area contributed by atoms with Crippen LogP contribution in [0.3, 0.4) is 0 Å². The molecule has 1 atom stereocenters. The lowest BCUT2D eigenvalue weighted by Crippen LogP contribution is -2.53. The summed E-state index contributed by atoms with van der Waals surface area (Å²) >= 11 is 0. The highest BCUT2D eigenvalue weighted by Crippen LogP contribution is 2.58. The predicted molar refractivity (Wildman–Crippen MR) is 119 cm³/mol. The molecule has 0 radical (unpaired) electrons. The number of urea groups is 1. The van der Waals surface area contributed by atoms with Gasteiger partial charge in [0.1, 0.15) is 0 Å². The lowest BCUT2D eigenvalue weighted by Gasteiger charge is -2.46. The zero-order valence-corrected chi connectivity index (χ0v) is 19.2. The van der Waals surface area contributed by atoms with Crippen molar-refractivity contribution in [1.82, 2.24) is 19.6 Å². The van der Waals surface area contributed by atoms with E-state index in [0.717, 1.165) is 36.9 Å². The lowest BCUT2D eigenvalue weighted by atomic mass is 9.60. The van der Waals surface area contributed by atoms with Crippen molar-refractivity contribution < 1.29 is 14.4 Å². The highest BCUT2D eigenvalue weighted by molar-refractivity contribution is 5.94. The third-order valence-corrected chi connectivity index (χ3v) is 7.78. The SMILES string of the molecule is CCN1CC[C@]2(CN(C(=O)N(C)C)CC23CCN(C(=O)c2cccc(C)c2)CC3)C1=O. The normalized spacial score (nSPS) is 25.0. The van der Waals surface area contributed by atoms with E-state index in [-0.39, 0.29) is 23.3 Å². The van der Waals surface area contributed by atoms with Crippen molar-refractivity contribution in [3.05, 3.63) is 35.4 Å². The van der Waals surface area contributed by atoms with Gasteiger partial charge in [-0.1, -0.05) is 17.7 Å². The number of likely N-dealkylation sites (tertiary alicyclic amines) is 3. The van der Waals surface area contributed by atoms with Crippen LogP contribution in [0.4, 0.5) is 4.79 Å². The zero-order valence-electron chi connectivity index (χ0n) is 19.2. The van der Waals surface area contributed by atoms with Crippen molar-refractivity contribution in [3.8, 4) is 0 Å². The van der Waals surface area contributed by atoms with Crippen molar-refractivity contribution in [2.24, 2.45) is 10.8 Å². The van der Waals surface area contributed by atoms with E-state index >= 15 is 0 Å². The second-order valence-electron chi connectivity index (χ2n) is 9.69. The van der Waals surface area contributed by atoms with Gasteiger partial charge in [-0.05, 0) is 45.2 Å². The van der Waals surface area contributed by atoms with Crippen molar-refractivity contribution in [1.29, 1.82) is 0 Å². The fraction of sp³-hybridized carbons (Fsp3) is 0.625. The molecule has 0 N–H and O–H groups in total. The molecule has 168 valence electrons. The first kappa shape index (κ1) is 21.7. The van der Waals surface area contributed by atoms with Crippen LogP contribution in [0.2, 0.25) is 0 Å². The number of nitrogens with zero attached hydrogens (tertiary/aromatic N) is 4. The number of carbonyl (C=O) groups is 3. The maximum absolute atomic E-state index is 13.5. The summed E-state index contributed by atoms with van der Waals surface area (Å²) in [7, 11) is 3.52. The molecule has 0 saturated carbocycles. The Morgan fingerprint density at radius 1 is 1.03 bits per heavy atom. The fourth-order valence-corrected chi connectivity index (χ4v) is 6.00. The van der Waals surface area contributed by atoms with Gasteiger partial charge in [-0.3, -0.25) is 9.59 Å². The minimum Gasteiger partial charge on any atom is -0.342 e. The average molecular weight is 427 g/mol. The van der Waals surface area contributed by atoms with Gasteiger partial charge in [-0.25, -0.2) is 4.79 Å². The minimum absolute atomic E-state index is 0.0303. The molecule has 3 heterocycles. The predicted octanol–water partition coefficient (Wildman–Crippen LogP) is 2.45. The molecule has 3 saturated heterocycles. The molecular formula is C24H34N4O3. The molecule has 0 unspecified atom stereocenters. The number of piperidine rings is 1. The van der Waals surface area contributed by atoms with Gasteiger partial charge in [0, 0.05) is 64.3 Å². The molecule has 3 fully saturated rings. The van der Waals surface area contributed by atoms with E-state index in [1.165, 1.54) is 0 Å². The van der Waals surface area contributed by atoms with Crippen molar-refractivity contribution in [3.63, 3.8) is 0 Å². The molecule has 1 aromatic rings. The summed E-state index contributed by atoms with van der Waals surface area (Å²) < 4.78 is 0. The van der Waals surface area contributed by atoms with Crippen LogP contribution in [0.15, 0.2) is 24.3 Å².